The number of rotatable bonds is 3. The molecule has 1 fully saturated rings. The zero-order valence-corrected chi connectivity index (χ0v) is 11.2. The Labute approximate surface area is 120 Å². The van der Waals surface area contributed by atoms with Crippen molar-refractivity contribution in [2.45, 2.75) is 0 Å². The van der Waals surface area contributed by atoms with Crippen LogP contribution in [0.15, 0.2) is 18.2 Å². The summed E-state index contributed by atoms with van der Waals surface area (Å²) >= 11 is 5.94. The number of imide groups is 1. The Balaban J connectivity index is 1.95. The first-order chi connectivity index (χ1) is 9.44. The van der Waals surface area contributed by atoms with Gasteiger partial charge in [0.1, 0.15) is 0 Å². The van der Waals surface area contributed by atoms with Crippen LogP contribution >= 0.6 is 11.6 Å². The highest BCUT2D eigenvalue weighted by Gasteiger charge is 2.24. The van der Waals surface area contributed by atoms with E-state index in [2.05, 4.69) is 10.6 Å². The minimum Gasteiger partial charge on any atom is -0.399 e. The smallest absolute Gasteiger partial charge is 0.240 e. The molecule has 8 heteroatoms. The van der Waals surface area contributed by atoms with E-state index in [1.807, 2.05) is 0 Å². The second kappa shape index (κ2) is 5.89. The molecular weight excluding hydrogens is 284 g/mol. The van der Waals surface area contributed by atoms with Crippen LogP contribution in [0, 0.1) is 0 Å². The van der Waals surface area contributed by atoms with Crippen molar-refractivity contribution in [3.05, 3.63) is 23.2 Å². The van der Waals surface area contributed by atoms with Crippen molar-refractivity contribution in [1.82, 2.24) is 10.2 Å². The third-order valence-electron chi connectivity index (χ3n) is 2.65. The number of hydrogen-bond acceptors (Lipinski definition) is 5. The highest BCUT2D eigenvalue weighted by molar-refractivity contribution is 6.34. The first kappa shape index (κ1) is 14.3. The van der Waals surface area contributed by atoms with Gasteiger partial charge in [-0.15, -0.1) is 0 Å². The van der Waals surface area contributed by atoms with Gasteiger partial charge in [0.15, 0.2) is 0 Å². The normalized spacial score (nSPS) is 15.8. The second-order valence-electron chi connectivity index (χ2n) is 4.40. The lowest BCUT2D eigenvalue weighted by molar-refractivity contribution is -0.136. The fraction of sp³-hybridized carbons (Fsp3) is 0.250. The summed E-state index contributed by atoms with van der Waals surface area (Å²) in [6, 6.07) is 4.72. The van der Waals surface area contributed by atoms with Crippen molar-refractivity contribution in [2.24, 2.45) is 0 Å². The standard InChI is InChI=1S/C12H13ClN4O3/c13-8-3-7(14)1-2-9(8)15-10(18)4-17-5-11(19)16-12(20)6-17/h1-3H,4-6,14H2,(H,15,18)(H,16,19,20). The van der Waals surface area contributed by atoms with Crippen LogP contribution in [0.1, 0.15) is 0 Å². The van der Waals surface area contributed by atoms with Crippen molar-refractivity contribution < 1.29 is 14.4 Å². The van der Waals surface area contributed by atoms with Crippen molar-refractivity contribution in [1.29, 1.82) is 0 Å². The van der Waals surface area contributed by atoms with Crippen LogP contribution < -0.4 is 16.4 Å². The number of anilines is 2. The summed E-state index contributed by atoms with van der Waals surface area (Å²) in [5.41, 5.74) is 6.47. The minimum absolute atomic E-state index is 0.00856. The topological polar surface area (TPSA) is 105 Å². The van der Waals surface area contributed by atoms with Gasteiger partial charge in [0, 0.05) is 5.69 Å². The molecule has 1 aromatic rings. The maximum Gasteiger partial charge on any atom is 0.240 e. The molecule has 0 spiro atoms. The molecule has 1 saturated heterocycles. The molecule has 0 aliphatic carbocycles. The fourth-order valence-electron chi connectivity index (χ4n) is 1.83. The lowest BCUT2D eigenvalue weighted by atomic mass is 10.2. The highest BCUT2D eigenvalue weighted by atomic mass is 35.5. The fourth-order valence-corrected chi connectivity index (χ4v) is 2.07. The SMILES string of the molecule is Nc1ccc(NC(=O)CN2CC(=O)NC(=O)C2)c(Cl)c1. The summed E-state index contributed by atoms with van der Waals surface area (Å²) in [4.78, 5) is 35.6. The average Bonchev–Trinajstić information content (AvgIpc) is 2.31. The molecule has 3 amide bonds. The number of piperazine rings is 1. The third kappa shape index (κ3) is 3.69. The molecule has 0 atom stereocenters. The summed E-state index contributed by atoms with van der Waals surface area (Å²) in [6.45, 7) is -0.0525. The van der Waals surface area contributed by atoms with E-state index < -0.39 is 11.8 Å². The number of halogens is 1. The molecule has 1 aliphatic heterocycles. The minimum atomic E-state index is -0.417. The Hall–Kier alpha value is -2.12. The van der Waals surface area contributed by atoms with E-state index >= 15 is 0 Å². The van der Waals surface area contributed by atoms with Crippen molar-refractivity contribution in [3.63, 3.8) is 0 Å². The van der Waals surface area contributed by atoms with E-state index in [-0.39, 0.29) is 25.5 Å². The quantitative estimate of drug-likeness (QED) is 0.530. The Morgan fingerprint density at radius 2 is 2.00 bits per heavy atom. The third-order valence-corrected chi connectivity index (χ3v) is 2.96. The number of carbonyl (C=O) groups is 3. The van der Waals surface area contributed by atoms with E-state index in [1.54, 1.807) is 12.1 Å². The summed E-state index contributed by atoms with van der Waals surface area (Å²) in [5, 5.41) is 5.09. The Bertz CT molecular complexity index is 560. The molecule has 0 aromatic heterocycles. The molecule has 7 nitrogen and oxygen atoms in total. The molecule has 4 N–H and O–H groups in total. The van der Waals surface area contributed by atoms with Crippen LogP contribution in [-0.4, -0.2) is 42.3 Å². The second-order valence-corrected chi connectivity index (χ2v) is 4.81. The van der Waals surface area contributed by atoms with E-state index in [0.717, 1.165) is 0 Å². The van der Waals surface area contributed by atoms with Crippen molar-refractivity contribution in [2.75, 3.05) is 30.7 Å². The summed E-state index contributed by atoms with van der Waals surface area (Å²) in [5.74, 6) is -1.20. The zero-order chi connectivity index (χ0) is 14.7. The van der Waals surface area contributed by atoms with E-state index in [0.29, 0.717) is 16.4 Å². The summed E-state index contributed by atoms with van der Waals surface area (Å²) < 4.78 is 0. The van der Waals surface area contributed by atoms with Gasteiger partial charge in [-0.25, -0.2) is 0 Å². The van der Waals surface area contributed by atoms with E-state index in [9.17, 15) is 14.4 Å². The lowest BCUT2D eigenvalue weighted by Gasteiger charge is -2.24. The number of nitrogens with one attached hydrogen (secondary N) is 2. The predicted octanol–water partition coefficient (Wildman–Crippen LogP) is -0.181. The highest BCUT2D eigenvalue weighted by Crippen LogP contribution is 2.23. The van der Waals surface area contributed by atoms with Crippen LogP contribution in [-0.2, 0) is 14.4 Å². The Morgan fingerprint density at radius 3 is 2.60 bits per heavy atom. The first-order valence-electron chi connectivity index (χ1n) is 5.84. The van der Waals surface area contributed by atoms with Gasteiger partial charge in [-0.3, -0.25) is 24.6 Å². The largest absolute Gasteiger partial charge is 0.399 e. The maximum atomic E-state index is 11.8. The molecule has 1 aromatic carbocycles. The Kier molecular flexibility index (Phi) is 4.21. The van der Waals surface area contributed by atoms with Gasteiger partial charge in [0.05, 0.1) is 30.3 Å². The molecule has 106 valence electrons. The molecule has 2 rings (SSSR count). The van der Waals surface area contributed by atoms with Gasteiger partial charge in [-0.2, -0.15) is 0 Å². The molecule has 0 saturated carbocycles. The number of nitrogens with zero attached hydrogens (tertiary/aromatic N) is 1. The number of amides is 3. The molecule has 0 unspecified atom stereocenters. The molecule has 1 heterocycles. The lowest BCUT2D eigenvalue weighted by Crippen LogP contribution is -2.53. The van der Waals surface area contributed by atoms with Crippen LogP contribution in [0.3, 0.4) is 0 Å². The van der Waals surface area contributed by atoms with Gasteiger partial charge < -0.3 is 11.1 Å². The summed E-state index contributed by atoms with van der Waals surface area (Å²) in [7, 11) is 0. The van der Waals surface area contributed by atoms with Gasteiger partial charge in [-0.1, -0.05) is 11.6 Å². The van der Waals surface area contributed by atoms with E-state index in [4.69, 9.17) is 17.3 Å². The number of hydrogen-bond donors (Lipinski definition) is 3. The van der Waals surface area contributed by atoms with Crippen LogP contribution in [0.25, 0.3) is 0 Å². The number of nitrogen functional groups attached to an aromatic ring is 1. The molecule has 20 heavy (non-hydrogen) atoms. The monoisotopic (exact) mass is 296 g/mol. The van der Waals surface area contributed by atoms with Gasteiger partial charge in [0.2, 0.25) is 17.7 Å². The van der Waals surface area contributed by atoms with Gasteiger partial charge in [0.25, 0.3) is 0 Å². The van der Waals surface area contributed by atoms with Crippen molar-refractivity contribution >= 4 is 40.7 Å². The summed E-state index contributed by atoms with van der Waals surface area (Å²) in [6.07, 6.45) is 0. The molecule has 0 bridgehead atoms. The molecule has 1 aliphatic rings. The van der Waals surface area contributed by atoms with E-state index in [1.165, 1.54) is 11.0 Å². The van der Waals surface area contributed by atoms with Crippen LogP contribution in [0.4, 0.5) is 11.4 Å². The number of carbonyl (C=O) groups excluding carboxylic acids is 3. The predicted molar refractivity (Wildman–Crippen MR) is 74.1 cm³/mol. The number of benzene rings is 1. The van der Waals surface area contributed by atoms with Crippen LogP contribution in [0.5, 0.6) is 0 Å². The molecule has 0 radical (unpaired) electrons. The van der Waals surface area contributed by atoms with Gasteiger partial charge >= 0.3 is 0 Å². The molecular formula is C12H13ClN4O3. The number of nitrogens with two attached hydrogens (primary N) is 1. The zero-order valence-electron chi connectivity index (χ0n) is 10.5. The maximum absolute atomic E-state index is 11.8. The Morgan fingerprint density at radius 1 is 1.35 bits per heavy atom. The van der Waals surface area contributed by atoms with Crippen LogP contribution in [0.2, 0.25) is 5.02 Å². The first-order valence-corrected chi connectivity index (χ1v) is 6.22. The van der Waals surface area contributed by atoms with Crippen molar-refractivity contribution in [3.8, 4) is 0 Å². The van der Waals surface area contributed by atoms with Gasteiger partial charge in [-0.05, 0) is 18.2 Å². The average molecular weight is 297 g/mol.